The van der Waals surface area contributed by atoms with Crippen LogP contribution in [0.5, 0.6) is 0 Å². The van der Waals surface area contributed by atoms with Crippen LogP contribution in [0.4, 0.5) is 45.5 Å². The van der Waals surface area contributed by atoms with Crippen molar-refractivity contribution in [2.45, 2.75) is 0 Å². The quantitative estimate of drug-likeness (QED) is 0.328. The summed E-state index contributed by atoms with van der Waals surface area (Å²) in [6.45, 7) is 0. The van der Waals surface area contributed by atoms with Crippen molar-refractivity contribution in [1.29, 1.82) is 0 Å². The Labute approximate surface area is 189 Å². The first-order valence-corrected chi connectivity index (χ1v) is 11.0. The fourth-order valence-electron chi connectivity index (χ4n) is 5.09. The summed E-state index contributed by atoms with van der Waals surface area (Å²) >= 11 is 0. The van der Waals surface area contributed by atoms with Gasteiger partial charge < -0.3 is 19.6 Å². The predicted octanol–water partition coefficient (Wildman–Crippen LogP) is 7.05. The third-order valence-corrected chi connectivity index (χ3v) is 6.94. The van der Waals surface area contributed by atoms with Crippen molar-refractivity contribution in [3.05, 3.63) is 84.9 Å². The molecule has 0 bridgehead atoms. The maximum absolute atomic E-state index is 2.31. The lowest BCUT2D eigenvalue weighted by Gasteiger charge is -2.37. The van der Waals surface area contributed by atoms with Crippen molar-refractivity contribution in [3.63, 3.8) is 0 Å². The first kappa shape index (κ1) is 18.8. The highest BCUT2D eigenvalue weighted by molar-refractivity contribution is 5.97. The molecule has 4 heteroatoms. The zero-order valence-electron chi connectivity index (χ0n) is 18.9. The Morgan fingerprint density at radius 3 is 0.969 bits per heavy atom. The number of para-hydroxylation sites is 4. The van der Waals surface area contributed by atoms with Crippen LogP contribution in [0.25, 0.3) is 11.1 Å². The molecule has 2 heterocycles. The first-order valence-electron chi connectivity index (χ1n) is 11.0. The van der Waals surface area contributed by atoms with Crippen LogP contribution in [-0.4, -0.2) is 28.2 Å². The number of hydrogen-bond acceptors (Lipinski definition) is 4. The van der Waals surface area contributed by atoms with Gasteiger partial charge in [0.15, 0.2) is 0 Å². The summed E-state index contributed by atoms with van der Waals surface area (Å²) in [4.78, 5) is 9.15. The number of fused-ring (bicyclic) bond motifs is 4. The molecular formula is C28H26N4. The maximum atomic E-state index is 2.31. The standard InChI is InChI=1S/C28H26N4/c1-29-21-9-5-7-11-23(21)31(3)27-17-19(13-15-25(27)29)20-14-16-26-28(18-20)32(4)24-12-8-6-10-22(24)30(26)2/h5-18H,1-4H3. The predicted molar refractivity (Wildman–Crippen MR) is 137 cm³/mol. The lowest BCUT2D eigenvalue weighted by molar-refractivity contribution is 1.09. The van der Waals surface area contributed by atoms with Crippen LogP contribution in [0.1, 0.15) is 0 Å². The fraction of sp³-hybridized carbons (Fsp3) is 0.143. The highest BCUT2D eigenvalue weighted by Crippen LogP contribution is 2.49. The first-order chi connectivity index (χ1) is 15.5. The van der Waals surface area contributed by atoms with Crippen LogP contribution in [0.15, 0.2) is 84.9 Å². The van der Waals surface area contributed by atoms with Crippen LogP contribution < -0.4 is 19.6 Å². The van der Waals surface area contributed by atoms with Crippen molar-refractivity contribution in [2.75, 3.05) is 47.8 Å². The lowest BCUT2D eigenvalue weighted by Crippen LogP contribution is -2.24. The third-order valence-electron chi connectivity index (χ3n) is 6.94. The Bertz CT molecular complexity index is 1250. The van der Waals surface area contributed by atoms with Crippen molar-refractivity contribution in [2.24, 2.45) is 0 Å². The van der Waals surface area contributed by atoms with Gasteiger partial charge in [0.1, 0.15) is 0 Å². The Kier molecular flexibility index (Phi) is 3.99. The van der Waals surface area contributed by atoms with Gasteiger partial charge in [-0.2, -0.15) is 0 Å². The SMILES string of the molecule is CN1c2ccccc2N(C)c2cc(-c3ccc4c(c3)N(C)c3ccccc3N4C)ccc21. The largest absolute Gasteiger partial charge is 0.341 e. The molecule has 158 valence electrons. The highest BCUT2D eigenvalue weighted by atomic mass is 15.2. The summed E-state index contributed by atoms with van der Waals surface area (Å²) in [6.07, 6.45) is 0. The highest BCUT2D eigenvalue weighted by Gasteiger charge is 2.26. The van der Waals surface area contributed by atoms with Gasteiger partial charge in [0.25, 0.3) is 0 Å². The van der Waals surface area contributed by atoms with E-state index in [-0.39, 0.29) is 0 Å². The van der Waals surface area contributed by atoms with Gasteiger partial charge in [-0.15, -0.1) is 0 Å². The van der Waals surface area contributed by atoms with Gasteiger partial charge in [0.05, 0.1) is 45.5 Å². The van der Waals surface area contributed by atoms with E-state index in [0.29, 0.717) is 0 Å². The molecule has 0 atom stereocenters. The molecule has 2 aliphatic rings. The summed E-state index contributed by atoms with van der Waals surface area (Å²) in [5.41, 5.74) is 12.2. The van der Waals surface area contributed by atoms with Gasteiger partial charge in [-0.05, 0) is 59.7 Å². The van der Waals surface area contributed by atoms with E-state index in [9.17, 15) is 0 Å². The molecule has 2 aliphatic heterocycles. The molecule has 0 saturated heterocycles. The molecule has 4 aromatic carbocycles. The van der Waals surface area contributed by atoms with Gasteiger partial charge >= 0.3 is 0 Å². The Hall–Kier alpha value is -3.92. The molecule has 0 spiro atoms. The molecule has 0 saturated carbocycles. The van der Waals surface area contributed by atoms with E-state index in [1.807, 2.05) is 0 Å². The van der Waals surface area contributed by atoms with E-state index >= 15 is 0 Å². The van der Waals surface area contributed by atoms with Gasteiger partial charge in [-0.1, -0.05) is 36.4 Å². The molecule has 0 N–H and O–H groups in total. The smallest absolute Gasteiger partial charge is 0.0656 e. The molecule has 0 unspecified atom stereocenters. The average molecular weight is 419 g/mol. The fourth-order valence-corrected chi connectivity index (χ4v) is 5.09. The normalized spacial score (nSPS) is 14.0. The Balaban J connectivity index is 1.44. The minimum Gasteiger partial charge on any atom is -0.341 e. The van der Waals surface area contributed by atoms with E-state index in [1.165, 1.54) is 56.6 Å². The van der Waals surface area contributed by atoms with Crippen molar-refractivity contribution < 1.29 is 0 Å². The van der Waals surface area contributed by atoms with E-state index in [2.05, 4.69) is 133 Å². The van der Waals surface area contributed by atoms with Gasteiger partial charge in [0.2, 0.25) is 0 Å². The van der Waals surface area contributed by atoms with Crippen LogP contribution in [0.3, 0.4) is 0 Å². The molecule has 0 radical (unpaired) electrons. The molecule has 4 aromatic rings. The Morgan fingerprint density at radius 2 is 0.625 bits per heavy atom. The molecule has 32 heavy (non-hydrogen) atoms. The number of anilines is 8. The minimum absolute atomic E-state index is 1.22. The van der Waals surface area contributed by atoms with Crippen LogP contribution in [-0.2, 0) is 0 Å². The monoisotopic (exact) mass is 418 g/mol. The van der Waals surface area contributed by atoms with Gasteiger partial charge in [0, 0.05) is 28.2 Å². The van der Waals surface area contributed by atoms with Crippen LogP contribution >= 0.6 is 0 Å². The summed E-state index contributed by atoms with van der Waals surface area (Å²) in [5.74, 6) is 0. The maximum Gasteiger partial charge on any atom is 0.0656 e. The Morgan fingerprint density at radius 1 is 0.344 bits per heavy atom. The van der Waals surface area contributed by atoms with Crippen molar-refractivity contribution in [1.82, 2.24) is 0 Å². The molecule has 4 nitrogen and oxygen atoms in total. The number of hydrogen-bond donors (Lipinski definition) is 0. The van der Waals surface area contributed by atoms with Crippen LogP contribution in [0.2, 0.25) is 0 Å². The van der Waals surface area contributed by atoms with Crippen LogP contribution in [0, 0.1) is 0 Å². The molecule has 0 fully saturated rings. The van der Waals surface area contributed by atoms with Crippen molar-refractivity contribution >= 4 is 45.5 Å². The van der Waals surface area contributed by atoms with Gasteiger partial charge in [-0.3, -0.25) is 0 Å². The second kappa shape index (κ2) is 6.79. The van der Waals surface area contributed by atoms with E-state index in [4.69, 9.17) is 0 Å². The number of rotatable bonds is 1. The minimum atomic E-state index is 1.22. The summed E-state index contributed by atoms with van der Waals surface area (Å²) in [5, 5.41) is 0. The molecule has 0 aromatic heterocycles. The molecule has 0 aliphatic carbocycles. The summed E-state index contributed by atoms with van der Waals surface area (Å²) in [6, 6.07) is 30.7. The molecule has 6 rings (SSSR count). The lowest BCUT2D eigenvalue weighted by atomic mass is 9.99. The second-order valence-electron chi connectivity index (χ2n) is 8.62. The zero-order chi connectivity index (χ0) is 22.0. The van der Waals surface area contributed by atoms with Crippen molar-refractivity contribution in [3.8, 4) is 11.1 Å². The molecule has 0 amide bonds. The topological polar surface area (TPSA) is 13.0 Å². The van der Waals surface area contributed by atoms with E-state index in [1.54, 1.807) is 0 Å². The van der Waals surface area contributed by atoms with E-state index in [0.717, 1.165) is 0 Å². The number of benzene rings is 4. The second-order valence-corrected chi connectivity index (χ2v) is 8.62. The van der Waals surface area contributed by atoms with Gasteiger partial charge in [-0.25, -0.2) is 0 Å². The van der Waals surface area contributed by atoms with E-state index < -0.39 is 0 Å². The third kappa shape index (κ3) is 2.56. The zero-order valence-corrected chi connectivity index (χ0v) is 18.9. The molecular weight excluding hydrogens is 392 g/mol. The summed E-state index contributed by atoms with van der Waals surface area (Å²) < 4.78 is 0. The summed E-state index contributed by atoms with van der Waals surface area (Å²) in [7, 11) is 8.60. The average Bonchev–Trinajstić information content (AvgIpc) is 2.85. The number of nitrogens with zero attached hydrogens (tertiary/aromatic N) is 4.